The second kappa shape index (κ2) is 6.21. The Bertz CT molecular complexity index is 1010. The van der Waals surface area contributed by atoms with Crippen LogP contribution < -0.4 is 9.47 Å². The van der Waals surface area contributed by atoms with E-state index in [1.807, 2.05) is 0 Å². The van der Waals surface area contributed by atoms with E-state index < -0.39 is 0 Å². The lowest BCUT2D eigenvalue weighted by Gasteiger charge is -2.29. The number of anilines is 1. The van der Waals surface area contributed by atoms with Crippen molar-refractivity contribution in [2.45, 2.75) is 13.8 Å². The summed E-state index contributed by atoms with van der Waals surface area (Å²) in [6, 6.07) is 19.6. The van der Waals surface area contributed by atoms with Gasteiger partial charge in [0.05, 0.1) is 0 Å². The standard InChI is InChI=1S/C23H23N2/c1-4-25-21(13-10-18-7-5-6-8-23(18)25)16-20-12-11-19-15-17(2)9-14-22(19)24(20)3/h5-16H,4H2,1-3H3/q+1. The highest BCUT2D eigenvalue weighted by molar-refractivity contribution is 5.80. The summed E-state index contributed by atoms with van der Waals surface area (Å²) in [5.74, 6) is 0. The molecule has 2 nitrogen and oxygen atoms in total. The first kappa shape index (κ1) is 15.6. The van der Waals surface area contributed by atoms with Crippen LogP contribution in [-0.2, 0) is 7.05 Å². The summed E-state index contributed by atoms with van der Waals surface area (Å²) >= 11 is 0. The number of para-hydroxylation sites is 1. The molecule has 124 valence electrons. The molecule has 1 aliphatic heterocycles. The number of likely N-dealkylation sites (N-methyl/N-ethyl adjacent to an activating group) is 1. The van der Waals surface area contributed by atoms with Gasteiger partial charge in [-0.2, -0.15) is 4.57 Å². The minimum Gasteiger partial charge on any atom is -0.341 e. The van der Waals surface area contributed by atoms with E-state index in [0.29, 0.717) is 0 Å². The smallest absolute Gasteiger partial charge is 0.212 e. The van der Waals surface area contributed by atoms with E-state index in [2.05, 4.69) is 103 Å². The Kier molecular flexibility index (Phi) is 3.89. The maximum Gasteiger partial charge on any atom is 0.212 e. The summed E-state index contributed by atoms with van der Waals surface area (Å²) in [5, 5.41) is 1.28. The molecule has 0 spiro atoms. The molecule has 25 heavy (non-hydrogen) atoms. The molecule has 0 saturated heterocycles. The summed E-state index contributed by atoms with van der Waals surface area (Å²) in [7, 11) is 2.14. The van der Waals surface area contributed by atoms with Gasteiger partial charge in [0, 0.05) is 41.5 Å². The molecule has 3 aromatic rings. The van der Waals surface area contributed by atoms with Gasteiger partial charge in [0.2, 0.25) is 11.2 Å². The van der Waals surface area contributed by atoms with Gasteiger partial charge in [-0.05, 0) is 43.7 Å². The first-order valence-corrected chi connectivity index (χ1v) is 8.83. The lowest BCUT2D eigenvalue weighted by molar-refractivity contribution is -0.646. The summed E-state index contributed by atoms with van der Waals surface area (Å²) in [6.45, 7) is 5.29. The number of hydrogen-bond donors (Lipinski definition) is 0. The van der Waals surface area contributed by atoms with E-state index in [-0.39, 0.29) is 0 Å². The molecule has 0 fully saturated rings. The molecule has 0 atom stereocenters. The lowest BCUT2D eigenvalue weighted by Crippen LogP contribution is -2.33. The van der Waals surface area contributed by atoms with Crippen LogP contribution in [0, 0.1) is 6.92 Å². The number of fused-ring (bicyclic) bond motifs is 2. The van der Waals surface area contributed by atoms with Gasteiger partial charge >= 0.3 is 0 Å². The summed E-state index contributed by atoms with van der Waals surface area (Å²) < 4.78 is 2.27. The second-order valence-corrected chi connectivity index (χ2v) is 6.59. The minimum atomic E-state index is 0.948. The molecule has 2 heterocycles. The Morgan fingerprint density at radius 2 is 1.84 bits per heavy atom. The molecule has 0 saturated carbocycles. The zero-order valence-electron chi connectivity index (χ0n) is 15.0. The summed E-state index contributed by atoms with van der Waals surface area (Å²) in [4.78, 5) is 2.37. The molecule has 4 rings (SSSR count). The molecular formula is C23H23N2+. The third kappa shape index (κ3) is 2.74. The number of allylic oxidation sites excluding steroid dienone is 1. The molecule has 0 aliphatic carbocycles. The SMILES string of the molecule is CCN1/C(=C/c2ccc3cc(C)ccc3[n+]2C)C=Cc2ccccc21. The molecule has 0 unspecified atom stereocenters. The Hall–Kier alpha value is -2.87. The second-order valence-electron chi connectivity index (χ2n) is 6.59. The van der Waals surface area contributed by atoms with Crippen molar-refractivity contribution in [1.82, 2.24) is 0 Å². The molecule has 0 amide bonds. The van der Waals surface area contributed by atoms with E-state index >= 15 is 0 Å². The molecular weight excluding hydrogens is 304 g/mol. The average Bonchev–Trinajstić information content (AvgIpc) is 2.63. The van der Waals surface area contributed by atoms with Crippen LogP contribution in [0.1, 0.15) is 23.7 Å². The van der Waals surface area contributed by atoms with Crippen molar-refractivity contribution >= 4 is 28.7 Å². The highest BCUT2D eigenvalue weighted by Crippen LogP contribution is 2.31. The average molecular weight is 327 g/mol. The van der Waals surface area contributed by atoms with Gasteiger partial charge in [-0.3, -0.25) is 0 Å². The number of benzene rings is 2. The number of aryl methyl sites for hydroxylation is 2. The van der Waals surface area contributed by atoms with Crippen LogP contribution in [0.5, 0.6) is 0 Å². The van der Waals surface area contributed by atoms with Crippen LogP contribution in [-0.4, -0.2) is 6.54 Å². The number of hydrogen-bond acceptors (Lipinski definition) is 1. The van der Waals surface area contributed by atoms with Crippen LogP contribution in [0.2, 0.25) is 0 Å². The third-order valence-corrected chi connectivity index (χ3v) is 4.95. The Morgan fingerprint density at radius 3 is 2.68 bits per heavy atom. The molecule has 0 radical (unpaired) electrons. The van der Waals surface area contributed by atoms with E-state index in [9.17, 15) is 0 Å². The van der Waals surface area contributed by atoms with Gasteiger partial charge in [-0.15, -0.1) is 0 Å². The van der Waals surface area contributed by atoms with Gasteiger partial charge < -0.3 is 4.90 Å². The molecule has 0 N–H and O–H groups in total. The van der Waals surface area contributed by atoms with Gasteiger partial charge in [-0.25, -0.2) is 0 Å². The first-order chi connectivity index (χ1) is 12.2. The van der Waals surface area contributed by atoms with Gasteiger partial charge in [0.25, 0.3) is 0 Å². The van der Waals surface area contributed by atoms with E-state index in [1.54, 1.807) is 0 Å². The minimum absolute atomic E-state index is 0.948. The van der Waals surface area contributed by atoms with Crippen molar-refractivity contribution in [2.24, 2.45) is 7.05 Å². The Morgan fingerprint density at radius 1 is 1.00 bits per heavy atom. The van der Waals surface area contributed by atoms with Gasteiger partial charge in [0.15, 0.2) is 0 Å². The number of aromatic nitrogens is 1. The number of pyridine rings is 1. The third-order valence-electron chi connectivity index (χ3n) is 4.95. The van der Waals surface area contributed by atoms with Crippen molar-refractivity contribution in [1.29, 1.82) is 0 Å². The van der Waals surface area contributed by atoms with Crippen molar-refractivity contribution in [3.8, 4) is 0 Å². The lowest BCUT2D eigenvalue weighted by atomic mass is 10.0. The fourth-order valence-corrected chi connectivity index (χ4v) is 3.59. The monoisotopic (exact) mass is 327 g/mol. The summed E-state index contributed by atoms with van der Waals surface area (Å²) in [5.41, 5.74) is 7.53. The topological polar surface area (TPSA) is 7.12 Å². The Balaban J connectivity index is 1.82. The molecule has 1 aliphatic rings. The largest absolute Gasteiger partial charge is 0.341 e. The zero-order valence-corrected chi connectivity index (χ0v) is 15.0. The number of rotatable bonds is 2. The highest BCUT2D eigenvalue weighted by atomic mass is 15.1. The van der Waals surface area contributed by atoms with E-state index in [1.165, 1.54) is 39.1 Å². The zero-order chi connectivity index (χ0) is 17.4. The fourth-order valence-electron chi connectivity index (χ4n) is 3.59. The quantitative estimate of drug-likeness (QED) is 0.609. The normalized spacial score (nSPS) is 15.0. The van der Waals surface area contributed by atoms with Gasteiger partial charge in [-0.1, -0.05) is 35.9 Å². The number of nitrogens with zero attached hydrogens (tertiary/aromatic N) is 2. The first-order valence-electron chi connectivity index (χ1n) is 8.83. The fraction of sp³-hybridized carbons (Fsp3) is 0.174. The molecule has 0 bridgehead atoms. The van der Waals surface area contributed by atoms with Crippen molar-refractivity contribution in [2.75, 3.05) is 11.4 Å². The highest BCUT2D eigenvalue weighted by Gasteiger charge is 2.17. The van der Waals surface area contributed by atoms with Gasteiger partial charge in [0.1, 0.15) is 7.05 Å². The Labute approximate surface area is 149 Å². The van der Waals surface area contributed by atoms with Crippen molar-refractivity contribution in [3.05, 3.63) is 83.2 Å². The molecule has 2 aromatic carbocycles. The van der Waals surface area contributed by atoms with E-state index in [4.69, 9.17) is 0 Å². The molecule has 1 aromatic heterocycles. The van der Waals surface area contributed by atoms with Crippen molar-refractivity contribution in [3.63, 3.8) is 0 Å². The van der Waals surface area contributed by atoms with Crippen LogP contribution in [0.4, 0.5) is 5.69 Å². The van der Waals surface area contributed by atoms with Crippen LogP contribution in [0.15, 0.2) is 66.4 Å². The van der Waals surface area contributed by atoms with E-state index in [0.717, 1.165) is 6.54 Å². The predicted molar refractivity (Wildman–Crippen MR) is 106 cm³/mol. The maximum absolute atomic E-state index is 2.37. The molecule has 2 heteroatoms. The van der Waals surface area contributed by atoms with Crippen LogP contribution >= 0.6 is 0 Å². The maximum atomic E-state index is 2.37. The summed E-state index contributed by atoms with van der Waals surface area (Å²) in [6.07, 6.45) is 6.69. The predicted octanol–water partition coefficient (Wildman–Crippen LogP) is 4.87. The van der Waals surface area contributed by atoms with Crippen LogP contribution in [0.3, 0.4) is 0 Å². The van der Waals surface area contributed by atoms with Crippen molar-refractivity contribution < 1.29 is 4.57 Å². The van der Waals surface area contributed by atoms with Crippen LogP contribution in [0.25, 0.3) is 23.1 Å².